The molecule has 0 N–H and O–H groups in total. The lowest BCUT2D eigenvalue weighted by Gasteiger charge is -2.08. The molecule has 2 aromatic carbocycles. The molecule has 0 spiro atoms. The van der Waals surface area contributed by atoms with Crippen LogP contribution in [0.4, 0.5) is 4.39 Å². The minimum Gasteiger partial charge on any atom is -0.244 e. The van der Waals surface area contributed by atoms with Crippen LogP contribution in [0.2, 0.25) is 5.15 Å². The molecule has 0 aliphatic rings. The summed E-state index contributed by atoms with van der Waals surface area (Å²) in [7, 11) is 0. The minimum absolute atomic E-state index is 0.233. The molecule has 0 aliphatic heterocycles. The van der Waals surface area contributed by atoms with E-state index in [1.54, 1.807) is 18.3 Å². The molecule has 0 radical (unpaired) electrons. The lowest BCUT2D eigenvalue weighted by molar-refractivity contribution is 0.632. The third kappa shape index (κ3) is 3.82. The molecule has 3 rings (SSSR count). The fraction of sp³-hybridized carbons (Fsp3) is 0.190. The van der Waals surface area contributed by atoms with E-state index in [4.69, 9.17) is 11.6 Å². The molecule has 1 nitrogen and oxygen atoms in total. The van der Waals surface area contributed by atoms with Crippen molar-refractivity contribution in [1.29, 1.82) is 0 Å². The van der Waals surface area contributed by atoms with Crippen LogP contribution in [0.25, 0.3) is 22.3 Å². The number of rotatable bonds is 5. The van der Waals surface area contributed by atoms with Crippen molar-refractivity contribution in [2.45, 2.75) is 26.2 Å². The van der Waals surface area contributed by atoms with Crippen LogP contribution in [0.1, 0.15) is 25.3 Å². The molecule has 1 aromatic heterocycles. The molecule has 0 amide bonds. The van der Waals surface area contributed by atoms with Gasteiger partial charge in [0.25, 0.3) is 0 Å². The Kier molecular flexibility index (Phi) is 5.27. The van der Waals surface area contributed by atoms with Crippen molar-refractivity contribution < 1.29 is 4.39 Å². The number of unbranched alkanes of at least 4 members (excludes halogenated alkanes) is 1. The van der Waals surface area contributed by atoms with Gasteiger partial charge in [-0.05, 0) is 47.7 Å². The summed E-state index contributed by atoms with van der Waals surface area (Å²) >= 11 is 5.79. The summed E-state index contributed by atoms with van der Waals surface area (Å²) in [5, 5.41) is 0.430. The number of benzene rings is 2. The Morgan fingerprint density at radius 1 is 0.917 bits per heavy atom. The summed E-state index contributed by atoms with van der Waals surface area (Å²) in [6.07, 6.45) is 5.08. The van der Waals surface area contributed by atoms with E-state index in [2.05, 4.69) is 24.0 Å². The van der Waals surface area contributed by atoms with Gasteiger partial charge in [-0.1, -0.05) is 61.3 Å². The summed E-state index contributed by atoms with van der Waals surface area (Å²) in [6, 6.07) is 17.0. The molecule has 1 heterocycles. The average molecular weight is 340 g/mol. The van der Waals surface area contributed by atoms with Crippen molar-refractivity contribution in [2.24, 2.45) is 0 Å². The highest BCUT2D eigenvalue weighted by atomic mass is 35.5. The molecule has 0 atom stereocenters. The Balaban J connectivity index is 1.85. The molecule has 0 saturated carbocycles. The van der Waals surface area contributed by atoms with Crippen molar-refractivity contribution in [3.63, 3.8) is 0 Å². The van der Waals surface area contributed by atoms with Crippen LogP contribution < -0.4 is 0 Å². The van der Waals surface area contributed by atoms with Crippen LogP contribution in [0.5, 0.6) is 0 Å². The molecule has 122 valence electrons. The normalized spacial score (nSPS) is 10.8. The van der Waals surface area contributed by atoms with Gasteiger partial charge in [-0.25, -0.2) is 9.37 Å². The number of hydrogen-bond donors (Lipinski definition) is 0. The van der Waals surface area contributed by atoms with E-state index in [1.165, 1.54) is 18.4 Å². The molecular weight excluding hydrogens is 321 g/mol. The number of pyridine rings is 1. The second-order valence-electron chi connectivity index (χ2n) is 5.86. The van der Waals surface area contributed by atoms with Gasteiger partial charge in [-0.15, -0.1) is 0 Å². The molecular formula is C21H19ClFN. The van der Waals surface area contributed by atoms with Crippen LogP contribution >= 0.6 is 11.6 Å². The predicted octanol–water partition coefficient (Wildman–Crippen LogP) is 6.55. The quantitative estimate of drug-likeness (QED) is 0.480. The fourth-order valence-electron chi connectivity index (χ4n) is 2.71. The maximum absolute atomic E-state index is 14.6. The summed E-state index contributed by atoms with van der Waals surface area (Å²) in [5.74, 6) is -0.233. The van der Waals surface area contributed by atoms with Crippen molar-refractivity contribution in [2.75, 3.05) is 0 Å². The Labute approximate surface area is 147 Å². The number of hydrogen-bond acceptors (Lipinski definition) is 1. The third-order valence-electron chi connectivity index (χ3n) is 4.11. The number of halogens is 2. The first-order chi connectivity index (χ1) is 11.7. The van der Waals surface area contributed by atoms with Gasteiger partial charge in [0.1, 0.15) is 11.0 Å². The molecule has 24 heavy (non-hydrogen) atoms. The predicted molar refractivity (Wildman–Crippen MR) is 98.7 cm³/mol. The monoisotopic (exact) mass is 339 g/mol. The average Bonchev–Trinajstić information content (AvgIpc) is 2.61. The lowest BCUT2D eigenvalue weighted by atomic mass is 9.98. The van der Waals surface area contributed by atoms with Gasteiger partial charge in [-0.3, -0.25) is 0 Å². The molecule has 3 aromatic rings. The Morgan fingerprint density at radius 3 is 2.25 bits per heavy atom. The maximum Gasteiger partial charge on any atom is 0.131 e. The summed E-state index contributed by atoms with van der Waals surface area (Å²) in [4.78, 5) is 4.04. The second-order valence-corrected chi connectivity index (χ2v) is 6.25. The molecule has 0 aliphatic carbocycles. The molecule has 0 fully saturated rings. The Morgan fingerprint density at radius 2 is 1.62 bits per heavy atom. The number of nitrogens with zero attached hydrogens (tertiary/aromatic N) is 1. The summed E-state index contributed by atoms with van der Waals surface area (Å²) in [5.41, 5.74) is 4.45. The van der Waals surface area contributed by atoms with Crippen LogP contribution in [-0.2, 0) is 6.42 Å². The molecule has 3 heteroatoms. The van der Waals surface area contributed by atoms with Gasteiger partial charge in [0.15, 0.2) is 0 Å². The second kappa shape index (κ2) is 7.59. The van der Waals surface area contributed by atoms with Crippen molar-refractivity contribution in [1.82, 2.24) is 4.98 Å². The first kappa shape index (κ1) is 16.7. The highest BCUT2D eigenvalue weighted by molar-refractivity contribution is 6.29. The van der Waals surface area contributed by atoms with Gasteiger partial charge < -0.3 is 0 Å². The van der Waals surface area contributed by atoms with Crippen molar-refractivity contribution in [3.05, 3.63) is 77.3 Å². The van der Waals surface area contributed by atoms with E-state index >= 15 is 0 Å². The lowest BCUT2D eigenvalue weighted by Crippen LogP contribution is -1.89. The number of aryl methyl sites for hydroxylation is 1. The van der Waals surface area contributed by atoms with E-state index in [9.17, 15) is 4.39 Å². The van der Waals surface area contributed by atoms with Gasteiger partial charge in [-0.2, -0.15) is 0 Å². The first-order valence-corrected chi connectivity index (χ1v) is 8.56. The zero-order valence-electron chi connectivity index (χ0n) is 13.6. The molecule has 0 bridgehead atoms. The molecule has 0 saturated heterocycles. The van der Waals surface area contributed by atoms with E-state index in [0.717, 1.165) is 23.1 Å². The van der Waals surface area contributed by atoms with Crippen LogP contribution in [0.15, 0.2) is 60.8 Å². The Bertz CT molecular complexity index is 810. The van der Waals surface area contributed by atoms with Crippen molar-refractivity contribution in [3.8, 4) is 22.3 Å². The largest absolute Gasteiger partial charge is 0.244 e. The van der Waals surface area contributed by atoms with Crippen LogP contribution in [0, 0.1) is 5.82 Å². The zero-order valence-corrected chi connectivity index (χ0v) is 14.4. The molecule has 0 unspecified atom stereocenters. The van der Waals surface area contributed by atoms with Gasteiger partial charge in [0, 0.05) is 17.3 Å². The SMILES string of the molecule is CCCCc1ccc(-c2ccc(-c3ccc(Cl)nc3)cc2F)cc1. The zero-order chi connectivity index (χ0) is 16.9. The van der Waals surface area contributed by atoms with E-state index in [0.29, 0.717) is 10.7 Å². The topological polar surface area (TPSA) is 12.9 Å². The van der Waals surface area contributed by atoms with E-state index in [1.807, 2.05) is 30.3 Å². The highest BCUT2D eigenvalue weighted by Gasteiger charge is 2.08. The van der Waals surface area contributed by atoms with E-state index in [-0.39, 0.29) is 5.82 Å². The van der Waals surface area contributed by atoms with Gasteiger partial charge in [0.2, 0.25) is 0 Å². The number of aromatic nitrogens is 1. The standard InChI is InChI=1S/C21H19ClFN/c1-2-3-4-15-5-7-16(8-6-15)19-11-9-17(13-20(19)23)18-10-12-21(22)24-14-18/h5-14H,2-4H2,1H3. The fourth-order valence-corrected chi connectivity index (χ4v) is 2.82. The minimum atomic E-state index is -0.233. The van der Waals surface area contributed by atoms with Crippen LogP contribution in [-0.4, -0.2) is 4.98 Å². The smallest absolute Gasteiger partial charge is 0.131 e. The van der Waals surface area contributed by atoms with Gasteiger partial charge in [0.05, 0.1) is 0 Å². The summed E-state index contributed by atoms with van der Waals surface area (Å²) in [6.45, 7) is 2.18. The van der Waals surface area contributed by atoms with Gasteiger partial charge >= 0.3 is 0 Å². The summed E-state index contributed by atoms with van der Waals surface area (Å²) < 4.78 is 14.6. The highest BCUT2D eigenvalue weighted by Crippen LogP contribution is 2.28. The van der Waals surface area contributed by atoms with Crippen molar-refractivity contribution >= 4 is 11.6 Å². The van der Waals surface area contributed by atoms with Crippen LogP contribution in [0.3, 0.4) is 0 Å². The maximum atomic E-state index is 14.6. The third-order valence-corrected chi connectivity index (χ3v) is 4.34. The Hall–Kier alpha value is -2.19. The van der Waals surface area contributed by atoms with E-state index < -0.39 is 0 Å². The first-order valence-electron chi connectivity index (χ1n) is 8.18.